The van der Waals surface area contributed by atoms with E-state index in [1.165, 1.54) is 116 Å². The van der Waals surface area contributed by atoms with E-state index in [0.717, 1.165) is 59.2 Å². The first-order chi connectivity index (χ1) is 21.8. The Labute approximate surface area is 288 Å². The fourth-order valence-electron chi connectivity index (χ4n) is 9.40. The molecule has 5 rings (SSSR count). The molecular weight excluding hydrogens is 540 g/mol. The van der Waals surface area contributed by atoms with Gasteiger partial charge in [-0.2, -0.15) is 0 Å². The lowest BCUT2D eigenvalue weighted by atomic mass is 9.70. The van der Waals surface area contributed by atoms with E-state index in [9.17, 15) is 0 Å². The van der Waals surface area contributed by atoms with Crippen LogP contribution >= 0.6 is 0 Å². The Bertz CT molecular complexity index is 558. The van der Waals surface area contributed by atoms with Gasteiger partial charge in [0.05, 0.1) is 0 Å². The molecule has 0 aliphatic heterocycles. The van der Waals surface area contributed by atoms with E-state index in [4.69, 9.17) is 0 Å². The van der Waals surface area contributed by atoms with Crippen molar-refractivity contribution in [1.82, 2.24) is 0 Å². The molecule has 3 atom stereocenters. The van der Waals surface area contributed by atoms with Crippen LogP contribution in [0.3, 0.4) is 0 Å². The normalized spacial score (nSPS) is 36.8. The summed E-state index contributed by atoms with van der Waals surface area (Å²) in [7, 11) is 0. The van der Waals surface area contributed by atoms with E-state index in [2.05, 4.69) is 41.5 Å². The van der Waals surface area contributed by atoms with Crippen LogP contribution in [0.5, 0.6) is 0 Å². The quantitative estimate of drug-likeness (QED) is 0.285. The molecule has 5 saturated carbocycles. The van der Waals surface area contributed by atoms with Crippen molar-refractivity contribution in [2.75, 3.05) is 0 Å². The average Bonchev–Trinajstić information content (AvgIpc) is 3.84. The highest BCUT2D eigenvalue weighted by Gasteiger charge is 2.36. The van der Waals surface area contributed by atoms with Gasteiger partial charge in [0.25, 0.3) is 0 Å². The molecule has 0 amide bonds. The molecule has 0 heterocycles. The summed E-state index contributed by atoms with van der Waals surface area (Å²) in [6.45, 7) is 22.6. The summed E-state index contributed by atoms with van der Waals surface area (Å²) >= 11 is 0. The second-order valence-electron chi connectivity index (χ2n) is 17.2. The lowest BCUT2D eigenvalue weighted by molar-refractivity contribution is 0.158. The van der Waals surface area contributed by atoms with Crippen LogP contribution in [0.25, 0.3) is 0 Å². The molecule has 45 heavy (non-hydrogen) atoms. The fourth-order valence-corrected chi connectivity index (χ4v) is 9.40. The van der Waals surface area contributed by atoms with Crippen LogP contribution in [0.15, 0.2) is 0 Å². The van der Waals surface area contributed by atoms with E-state index in [-0.39, 0.29) is 0 Å². The first-order valence-electron chi connectivity index (χ1n) is 21.8. The van der Waals surface area contributed by atoms with Crippen molar-refractivity contribution < 1.29 is 0 Å². The van der Waals surface area contributed by atoms with Crippen LogP contribution in [0, 0.1) is 59.2 Å². The Morgan fingerprint density at radius 1 is 0.222 bits per heavy atom. The minimum absolute atomic E-state index is 1.00. The Morgan fingerprint density at radius 3 is 0.778 bits per heavy atom. The standard InChI is InChI=1S/C21H38.2C10H20.2C2H6/c1-16-6-3-9-18(10-4-7-16)20-11-5-8-17(2)14-21(15-20)19-12-13-19;2*1-9-5-3-7-10(2)8-4-6-9;2*1-2/h16-21H,3-15H2,1-2H3;2*9-10H,3-8H2,1-2H3;2*1-2H3. The first-order valence-corrected chi connectivity index (χ1v) is 21.8. The lowest BCUT2D eigenvalue weighted by Crippen LogP contribution is -2.24. The van der Waals surface area contributed by atoms with Gasteiger partial charge in [0, 0.05) is 0 Å². The molecule has 0 heteroatoms. The van der Waals surface area contributed by atoms with Gasteiger partial charge in [-0.1, -0.05) is 204 Å². The largest absolute Gasteiger partial charge is 0.0683 e. The van der Waals surface area contributed by atoms with Crippen molar-refractivity contribution in [1.29, 1.82) is 0 Å². The zero-order valence-corrected chi connectivity index (χ0v) is 33.5. The van der Waals surface area contributed by atoms with Crippen LogP contribution in [0.1, 0.15) is 230 Å². The average molecular weight is 631 g/mol. The van der Waals surface area contributed by atoms with Crippen LogP contribution in [-0.2, 0) is 0 Å². The van der Waals surface area contributed by atoms with Gasteiger partial charge in [0.1, 0.15) is 0 Å². The molecule has 5 aliphatic carbocycles. The van der Waals surface area contributed by atoms with Crippen LogP contribution in [-0.4, -0.2) is 0 Å². The predicted octanol–water partition coefficient (Wildman–Crippen LogP) is 16.1. The highest BCUT2D eigenvalue weighted by atomic mass is 14.4. The van der Waals surface area contributed by atoms with Gasteiger partial charge in [-0.15, -0.1) is 0 Å². The maximum atomic E-state index is 2.52. The highest BCUT2D eigenvalue weighted by molar-refractivity contribution is 4.87. The zero-order valence-electron chi connectivity index (χ0n) is 33.5. The van der Waals surface area contributed by atoms with Gasteiger partial charge < -0.3 is 0 Å². The molecule has 270 valence electrons. The maximum absolute atomic E-state index is 2.52. The van der Waals surface area contributed by atoms with Gasteiger partial charge in [-0.3, -0.25) is 0 Å². The molecule has 0 aromatic heterocycles. The third kappa shape index (κ3) is 20.9. The van der Waals surface area contributed by atoms with E-state index in [1.54, 1.807) is 44.9 Å². The Hall–Kier alpha value is 0. The molecule has 0 aromatic carbocycles. The summed E-state index contributed by atoms with van der Waals surface area (Å²) in [6.07, 6.45) is 37.8. The van der Waals surface area contributed by atoms with Crippen molar-refractivity contribution in [3.05, 3.63) is 0 Å². The van der Waals surface area contributed by atoms with Crippen molar-refractivity contribution in [3.8, 4) is 0 Å². The van der Waals surface area contributed by atoms with Crippen molar-refractivity contribution >= 4 is 0 Å². The monoisotopic (exact) mass is 631 g/mol. The Morgan fingerprint density at radius 2 is 0.467 bits per heavy atom. The minimum atomic E-state index is 1.00. The molecule has 5 fully saturated rings. The molecule has 5 aliphatic rings. The van der Waals surface area contributed by atoms with E-state index >= 15 is 0 Å². The lowest BCUT2D eigenvalue weighted by Gasteiger charge is -2.35. The van der Waals surface area contributed by atoms with Gasteiger partial charge in [-0.05, 0) is 84.9 Å². The summed E-state index contributed by atoms with van der Waals surface area (Å²) < 4.78 is 0. The molecule has 0 N–H and O–H groups in total. The topological polar surface area (TPSA) is 0 Å². The molecule has 0 nitrogen and oxygen atoms in total. The number of hydrogen-bond acceptors (Lipinski definition) is 0. The van der Waals surface area contributed by atoms with Crippen LogP contribution in [0.2, 0.25) is 0 Å². The SMILES string of the molecule is CC.CC.CC1CCCC(C)CCC1.CC1CCCC(C)CCC1.CC1CCCC(C2CCCC(C)CC(C3CC3)C2)CCC1. The van der Waals surface area contributed by atoms with Gasteiger partial charge >= 0.3 is 0 Å². The summed E-state index contributed by atoms with van der Waals surface area (Å²) in [5.41, 5.74) is 0. The first kappa shape index (κ1) is 43.0. The van der Waals surface area contributed by atoms with Crippen LogP contribution < -0.4 is 0 Å². The molecule has 0 aromatic rings. The second kappa shape index (κ2) is 26.9. The number of rotatable bonds is 2. The third-order valence-corrected chi connectivity index (χ3v) is 12.7. The smallest absolute Gasteiger partial charge is 0.0381 e. The van der Waals surface area contributed by atoms with Gasteiger partial charge in [0.2, 0.25) is 0 Å². The van der Waals surface area contributed by atoms with Gasteiger partial charge in [-0.25, -0.2) is 0 Å². The maximum Gasteiger partial charge on any atom is -0.0381 e. The van der Waals surface area contributed by atoms with Crippen molar-refractivity contribution in [2.24, 2.45) is 59.2 Å². The minimum Gasteiger partial charge on any atom is -0.0683 e. The summed E-state index contributed by atoms with van der Waals surface area (Å²) in [5.74, 6) is 10.5. The Kier molecular flexibility index (Phi) is 25.7. The molecular formula is C45H90. The zero-order chi connectivity index (χ0) is 33.5. The molecule has 0 spiro atoms. The van der Waals surface area contributed by atoms with Crippen LogP contribution in [0.4, 0.5) is 0 Å². The fraction of sp³-hybridized carbons (Fsp3) is 1.00. The second-order valence-corrected chi connectivity index (χ2v) is 17.2. The molecule has 0 saturated heterocycles. The number of hydrogen-bond donors (Lipinski definition) is 0. The summed E-state index contributed by atoms with van der Waals surface area (Å²) in [6, 6.07) is 0. The molecule has 3 unspecified atom stereocenters. The van der Waals surface area contributed by atoms with Crippen molar-refractivity contribution in [3.63, 3.8) is 0 Å². The summed E-state index contributed by atoms with van der Waals surface area (Å²) in [4.78, 5) is 0. The predicted molar refractivity (Wildman–Crippen MR) is 207 cm³/mol. The van der Waals surface area contributed by atoms with E-state index < -0.39 is 0 Å². The Balaban J connectivity index is 0.000000355. The van der Waals surface area contributed by atoms with Gasteiger partial charge in [0.15, 0.2) is 0 Å². The molecule has 0 bridgehead atoms. The molecule has 0 radical (unpaired) electrons. The van der Waals surface area contributed by atoms with E-state index in [0.29, 0.717) is 0 Å². The van der Waals surface area contributed by atoms with Crippen molar-refractivity contribution in [2.45, 2.75) is 230 Å². The summed E-state index contributed by atoms with van der Waals surface area (Å²) in [5, 5.41) is 0. The highest BCUT2D eigenvalue weighted by Crippen LogP contribution is 2.47. The third-order valence-electron chi connectivity index (χ3n) is 12.7. The van der Waals surface area contributed by atoms with E-state index in [1.807, 2.05) is 27.7 Å².